The Morgan fingerprint density at radius 2 is 1.88 bits per heavy atom. The Morgan fingerprint density at radius 3 is 2.50 bits per heavy atom. The number of carbonyl (C=O) groups is 2. The van der Waals surface area contributed by atoms with Crippen molar-refractivity contribution in [2.75, 3.05) is 7.11 Å². The molecule has 2 heterocycles. The highest BCUT2D eigenvalue weighted by molar-refractivity contribution is 7.09. The minimum atomic E-state index is -0.750. The van der Waals surface area contributed by atoms with Gasteiger partial charge in [-0.25, -0.2) is 0 Å². The van der Waals surface area contributed by atoms with Crippen molar-refractivity contribution in [2.24, 2.45) is 0 Å². The lowest BCUT2D eigenvalue weighted by Crippen LogP contribution is -2.28. The fourth-order valence-electron chi connectivity index (χ4n) is 4.15. The first-order chi connectivity index (χ1) is 15.3. The Bertz CT molecular complexity index is 1220. The van der Waals surface area contributed by atoms with Gasteiger partial charge in [0.25, 0.3) is 11.7 Å². The summed E-state index contributed by atoms with van der Waals surface area (Å²) in [5.74, 6) is -1.16. The van der Waals surface area contributed by atoms with E-state index in [2.05, 4.69) is 0 Å². The molecule has 1 amide bonds. The van der Waals surface area contributed by atoms with Crippen LogP contribution in [0.15, 0.2) is 59.5 Å². The number of aliphatic hydroxyl groups excluding tert-OH is 1. The van der Waals surface area contributed by atoms with Crippen LogP contribution in [0.2, 0.25) is 5.02 Å². The van der Waals surface area contributed by atoms with Gasteiger partial charge >= 0.3 is 0 Å². The van der Waals surface area contributed by atoms with E-state index in [-0.39, 0.29) is 17.9 Å². The van der Waals surface area contributed by atoms with Crippen LogP contribution in [0.25, 0.3) is 5.76 Å². The van der Waals surface area contributed by atoms with Crippen LogP contribution in [-0.4, -0.2) is 28.8 Å². The molecule has 4 rings (SSSR count). The third kappa shape index (κ3) is 3.92. The van der Waals surface area contributed by atoms with Crippen LogP contribution in [-0.2, 0) is 16.1 Å². The van der Waals surface area contributed by atoms with Gasteiger partial charge in [0.2, 0.25) is 0 Å². The number of ether oxygens (including phenoxy) is 1. The third-order valence-electron chi connectivity index (χ3n) is 5.51. The van der Waals surface area contributed by atoms with Gasteiger partial charge in [0.1, 0.15) is 11.5 Å². The topological polar surface area (TPSA) is 66.8 Å². The van der Waals surface area contributed by atoms with E-state index in [0.29, 0.717) is 21.9 Å². The van der Waals surface area contributed by atoms with Gasteiger partial charge in [-0.2, -0.15) is 0 Å². The molecule has 164 valence electrons. The molecule has 2 aromatic carbocycles. The van der Waals surface area contributed by atoms with E-state index in [9.17, 15) is 14.7 Å². The first-order valence-electron chi connectivity index (χ1n) is 10.0. The number of carbonyl (C=O) groups excluding carboxylic acids is 2. The average Bonchev–Trinajstić information content (AvgIpc) is 3.36. The maximum absolute atomic E-state index is 13.2. The molecule has 1 aliphatic heterocycles. The number of likely N-dealkylation sites (tertiary alicyclic amines) is 1. The van der Waals surface area contributed by atoms with Crippen molar-refractivity contribution >= 4 is 40.4 Å². The Hall–Kier alpha value is -3.09. The molecule has 7 heteroatoms. The largest absolute Gasteiger partial charge is 0.507 e. The van der Waals surface area contributed by atoms with Crippen molar-refractivity contribution in [3.63, 3.8) is 0 Å². The van der Waals surface area contributed by atoms with E-state index in [1.54, 1.807) is 30.3 Å². The van der Waals surface area contributed by atoms with Crippen LogP contribution < -0.4 is 4.74 Å². The number of benzene rings is 2. The van der Waals surface area contributed by atoms with Crippen LogP contribution in [0.3, 0.4) is 0 Å². The minimum absolute atomic E-state index is 0.0391. The fourth-order valence-corrected chi connectivity index (χ4v) is 4.98. The minimum Gasteiger partial charge on any atom is -0.507 e. The molecule has 3 aromatic rings. The van der Waals surface area contributed by atoms with E-state index in [4.69, 9.17) is 16.3 Å². The predicted molar refractivity (Wildman–Crippen MR) is 126 cm³/mol. The summed E-state index contributed by atoms with van der Waals surface area (Å²) in [6.07, 6.45) is 0. The lowest BCUT2D eigenvalue weighted by Gasteiger charge is -2.25. The molecule has 0 spiro atoms. The van der Waals surface area contributed by atoms with E-state index in [1.165, 1.54) is 23.3 Å². The SMILES string of the molecule is COc1c(C)cc(C)cc1/C(O)=C1\C(=O)C(=O)N(Cc2cccs2)C1c1ccc(Cl)cc1. The molecule has 1 atom stereocenters. The lowest BCUT2D eigenvalue weighted by molar-refractivity contribution is -0.140. The molecular weight excluding hydrogens is 446 g/mol. The molecule has 5 nitrogen and oxygen atoms in total. The van der Waals surface area contributed by atoms with Crippen molar-refractivity contribution in [3.8, 4) is 5.75 Å². The summed E-state index contributed by atoms with van der Waals surface area (Å²) < 4.78 is 5.52. The van der Waals surface area contributed by atoms with E-state index >= 15 is 0 Å². The summed E-state index contributed by atoms with van der Waals surface area (Å²) in [4.78, 5) is 28.7. The summed E-state index contributed by atoms with van der Waals surface area (Å²) in [6, 6.07) is 13.7. The molecular formula is C25H22ClNO4S. The highest BCUT2D eigenvalue weighted by Gasteiger charge is 2.46. The van der Waals surface area contributed by atoms with Gasteiger partial charge in [-0.05, 0) is 60.2 Å². The van der Waals surface area contributed by atoms with Gasteiger partial charge in [0.05, 0.1) is 30.8 Å². The zero-order valence-corrected chi connectivity index (χ0v) is 19.5. The van der Waals surface area contributed by atoms with Gasteiger partial charge < -0.3 is 14.7 Å². The molecule has 1 aromatic heterocycles. The summed E-state index contributed by atoms with van der Waals surface area (Å²) in [5, 5.41) is 13.8. The van der Waals surface area contributed by atoms with Gasteiger partial charge in [-0.3, -0.25) is 9.59 Å². The van der Waals surface area contributed by atoms with Crippen molar-refractivity contribution < 1.29 is 19.4 Å². The Balaban J connectivity index is 1.93. The molecule has 0 aliphatic carbocycles. The Morgan fingerprint density at radius 1 is 1.16 bits per heavy atom. The number of thiophene rings is 1. The smallest absolute Gasteiger partial charge is 0.295 e. The first-order valence-corrected chi connectivity index (χ1v) is 11.3. The molecule has 0 radical (unpaired) electrons. The number of hydrogen-bond acceptors (Lipinski definition) is 5. The average molecular weight is 468 g/mol. The molecule has 32 heavy (non-hydrogen) atoms. The molecule has 1 fully saturated rings. The van der Waals surface area contributed by atoms with Gasteiger partial charge in [-0.15, -0.1) is 11.3 Å². The lowest BCUT2D eigenvalue weighted by atomic mass is 9.93. The number of nitrogens with zero attached hydrogens (tertiary/aromatic N) is 1. The van der Waals surface area contributed by atoms with Crippen LogP contribution in [0, 0.1) is 13.8 Å². The number of methoxy groups -OCH3 is 1. The number of aryl methyl sites for hydroxylation is 2. The number of amides is 1. The summed E-state index contributed by atoms with van der Waals surface area (Å²) in [5.41, 5.74) is 2.84. The third-order valence-corrected chi connectivity index (χ3v) is 6.62. The normalized spacial score (nSPS) is 17.8. The van der Waals surface area contributed by atoms with Crippen LogP contribution in [0.5, 0.6) is 5.75 Å². The number of ketones is 1. The molecule has 1 aliphatic rings. The highest BCUT2D eigenvalue weighted by atomic mass is 35.5. The molecule has 0 saturated carbocycles. The number of aliphatic hydroxyl groups is 1. The quantitative estimate of drug-likeness (QED) is 0.299. The van der Waals surface area contributed by atoms with Crippen molar-refractivity contribution in [1.29, 1.82) is 0 Å². The Labute approximate surface area is 195 Å². The first kappa shape index (κ1) is 22.1. The summed E-state index contributed by atoms with van der Waals surface area (Å²) in [6.45, 7) is 4.03. The van der Waals surface area contributed by atoms with E-state index in [1.807, 2.05) is 37.4 Å². The standard InChI is InChI=1S/C25H22ClNO4S/c1-14-11-15(2)24(31-3)19(12-14)22(28)20-21(16-6-8-17(26)9-7-16)27(25(30)23(20)29)13-18-5-4-10-32-18/h4-12,21,28H,13H2,1-3H3/b22-20+. The Kier molecular flexibility index (Phi) is 6.09. The molecule has 1 saturated heterocycles. The molecule has 0 bridgehead atoms. The zero-order chi connectivity index (χ0) is 23.0. The second kappa shape index (κ2) is 8.81. The zero-order valence-electron chi connectivity index (χ0n) is 17.9. The second-order valence-electron chi connectivity index (χ2n) is 7.72. The van der Waals surface area contributed by atoms with Gasteiger partial charge in [0.15, 0.2) is 0 Å². The van der Waals surface area contributed by atoms with Gasteiger partial charge in [0, 0.05) is 9.90 Å². The van der Waals surface area contributed by atoms with Gasteiger partial charge in [-0.1, -0.05) is 35.9 Å². The summed E-state index contributed by atoms with van der Waals surface area (Å²) in [7, 11) is 1.51. The molecule has 1 unspecified atom stereocenters. The van der Waals surface area contributed by atoms with Crippen LogP contribution >= 0.6 is 22.9 Å². The number of rotatable bonds is 5. The monoisotopic (exact) mass is 467 g/mol. The maximum atomic E-state index is 13.2. The van der Waals surface area contributed by atoms with Crippen molar-refractivity contribution in [1.82, 2.24) is 4.90 Å². The van der Waals surface area contributed by atoms with Crippen LogP contribution in [0.1, 0.15) is 33.2 Å². The van der Waals surface area contributed by atoms with Crippen LogP contribution in [0.4, 0.5) is 0 Å². The maximum Gasteiger partial charge on any atom is 0.295 e. The second-order valence-corrected chi connectivity index (χ2v) is 9.19. The van der Waals surface area contributed by atoms with Crippen molar-refractivity contribution in [2.45, 2.75) is 26.4 Å². The van der Waals surface area contributed by atoms with E-state index < -0.39 is 17.7 Å². The number of Topliss-reactive ketones (excluding diaryl/α,β-unsaturated/α-hetero) is 1. The predicted octanol–water partition coefficient (Wildman–Crippen LogP) is 5.65. The highest BCUT2D eigenvalue weighted by Crippen LogP contribution is 2.42. The fraction of sp³-hybridized carbons (Fsp3) is 0.200. The number of halogens is 1. The number of hydrogen-bond donors (Lipinski definition) is 1. The van der Waals surface area contributed by atoms with Crippen molar-refractivity contribution in [3.05, 3.63) is 91.6 Å². The molecule has 1 N–H and O–H groups in total. The summed E-state index contributed by atoms with van der Waals surface area (Å²) >= 11 is 7.58. The van der Waals surface area contributed by atoms with E-state index in [0.717, 1.165) is 16.0 Å².